The zero-order chi connectivity index (χ0) is 18.0. The van der Waals surface area contributed by atoms with Crippen molar-refractivity contribution in [2.75, 3.05) is 10.6 Å². The third-order valence-electron chi connectivity index (χ3n) is 3.77. The Balaban J connectivity index is 1.59. The first-order valence-electron chi connectivity index (χ1n) is 7.45. The maximum Gasteiger partial charge on any atom is 0.416 e. The second kappa shape index (κ2) is 6.46. The second-order valence-electron chi connectivity index (χ2n) is 5.56. The van der Waals surface area contributed by atoms with Gasteiger partial charge in [0.2, 0.25) is 5.91 Å². The van der Waals surface area contributed by atoms with Crippen LogP contribution in [0.2, 0.25) is 0 Å². The molecular formula is C17H14F3N3O2. The SMILES string of the molecule is O=C1Cc2c(cccc2NC(=O)NCc2ccc(C(F)(F)F)cc2)N1. The van der Waals surface area contributed by atoms with E-state index in [2.05, 4.69) is 16.0 Å². The number of hydrogen-bond donors (Lipinski definition) is 3. The summed E-state index contributed by atoms with van der Waals surface area (Å²) in [5.74, 6) is -0.144. The van der Waals surface area contributed by atoms with Crippen molar-refractivity contribution in [1.82, 2.24) is 5.32 Å². The van der Waals surface area contributed by atoms with Crippen LogP contribution in [-0.4, -0.2) is 11.9 Å². The van der Waals surface area contributed by atoms with E-state index in [-0.39, 0.29) is 18.9 Å². The van der Waals surface area contributed by atoms with E-state index in [1.165, 1.54) is 12.1 Å². The minimum Gasteiger partial charge on any atom is -0.334 e. The van der Waals surface area contributed by atoms with Gasteiger partial charge in [0.15, 0.2) is 0 Å². The van der Waals surface area contributed by atoms with Gasteiger partial charge in [-0.25, -0.2) is 4.79 Å². The minimum atomic E-state index is -4.39. The zero-order valence-electron chi connectivity index (χ0n) is 12.9. The molecule has 1 heterocycles. The molecule has 130 valence electrons. The average Bonchev–Trinajstić information content (AvgIpc) is 2.94. The fourth-order valence-electron chi connectivity index (χ4n) is 2.53. The van der Waals surface area contributed by atoms with Gasteiger partial charge in [-0.2, -0.15) is 13.2 Å². The summed E-state index contributed by atoms with van der Waals surface area (Å²) >= 11 is 0. The Morgan fingerprint density at radius 2 is 1.84 bits per heavy atom. The number of alkyl halides is 3. The lowest BCUT2D eigenvalue weighted by atomic mass is 10.1. The van der Waals surface area contributed by atoms with E-state index in [9.17, 15) is 22.8 Å². The van der Waals surface area contributed by atoms with Crippen LogP contribution < -0.4 is 16.0 Å². The number of carbonyl (C=O) groups excluding carboxylic acids is 2. The molecule has 0 saturated heterocycles. The van der Waals surface area contributed by atoms with E-state index >= 15 is 0 Å². The van der Waals surface area contributed by atoms with Gasteiger partial charge in [0.1, 0.15) is 0 Å². The highest BCUT2D eigenvalue weighted by atomic mass is 19.4. The summed E-state index contributed by atoms with van der Waals surface area (Å²) in [4.78, 5) is 23.4. The number of rotatable bonds is 3. The van der Waals surface area contributed by atoms with Crippen molar-refractivity contribution in [3.8, 4) is 0 Å². The summed E-state index contributed by atoms with van der Waals surface area (Å²) in [6.07, 6.45) is -4.20. The molecule has 0 spiro atoms. The van der Waals surface area contributed by atoms with Crippen molar-refractivity contribution in [2.24, 2.45) is 0 Å². The number of fused-ring (bicyclic) bond motifs is 1. The maximum atomic E-state index is 12.5. The fraction of sp³-hybridized carbons (Fsp3) is 0.176. The standard InChI is InChI=1S/C17H14F3N3O2/c18-17(19,20)11-6-4-10(5-7-11)9-21-16(25)23-14-3-1-2-13-12(14)8-15(24)22-13/h1-7H,8-9H2,(H,22,24)(H2,21,23,25). The quantitative estimate of drug-likeness (QED) is 0.793. The van der Waals surface area contributed by atoms with Crippen LogP contribution in [0.4, 0.5) is 29.3 Å². The molecule has 0 saturated carbocycles. The molecule has 0 unspecified atom stereocenters. The van der Waals surface area contributed by atoms with Gasteiger partial charge in [-0.15, -0.1) is 0 Å². The second-order valence-corrected chi connectivity index (χ2v) is 5.56. The molecule has 2 aromatic carbocycles. The summed E-state index contributed by atoms with van der Waals surface area (Å²) in [5, 5.41) is 7.90. The summed E-state index contributed by atoms with van der Waals surface area (Å²) in [6.45, 7) is 0.0795. The first kappa shape index (κ1) is 16.8. The molecule has 1 aliphatic rings. The molecule has 0 bridgehead atoms. The Kier molecular flexibility index (Phi) is 4.35. The summed E-state index contributed by atoms with van der Waals surface area (Å²) in [7, 11) is 0. The molecule has 1 aliphatic heterocycles. The first-order chi connectivity index (χ1) is 11.8. The van der Waals surface area contributed by atoms with Gasteiger partial charge in [-0.3, -0.25) is 4.79 Å². The largest absolute Gasteiger partial charge is 0.416 e. The Morgan fingerprint density at radius 3 is 2.52 bits per heavy atom. The maximum absolute atomic E-state index is 12.5. The summed E-state index contributed by atoms with van der Waals surface area (Å²) in [5.41, 5.74) is 1.68. The first-order valence-corrected chi connectivity index (χ1v) is 7.45. The van der Waals surface area contributed by atoms with Gasteiger partial charge >= 0.3 is 12.2 Å². The highest BCUT2D eigenvalue weighted by Gasteiger charge is 2.29. The monoisotopic (exact) mass is 349 g/mol. The Morgan fingerprint density at radius 1 is 1.12 bits per heavy atom. The molecule has 0 atom stereocenters. The molecule has 0 radical (unpaired) electrons. The van der Waals surface area contributed by atoms with E-state index in [0.717, 1.165) is 12.1 Å². The number of anilines is 2. The third-order valence-corrected chi connectivity index (χ3v) is 3.77. The van der Waals surface area contributed by atoms with Crippen molar-refractivity contribution in [3.05, 3.63) is 59.2 Å². The molecular weight excluding hydrogens is 335 g/mol. The zero-order valence-corrected chi connectivity index (χ0v) is 12.9. The Hall–Kier alpha value is -3.03. The summed E-state index contributed by atoms with van der Waals surface area (Å²) < 4.78 is 37.5. The fourth-order valence-corrected chi connectivity index (χ4v) is 2.53. The van der Waals surface area contributed by atoms with Crippen molar-refractivity contribution < 1.29 is 22.8 Å². The van der Waals surface area contributed by atoms with E-state index in [1.807, 2.05) is 0 Å². The number of urea groups is 1. The minimum absolute atomic E-state index is 0.0795. The van der Waals surface area contributed by atoms with Crippen molar-refractivity contribution in [1.29, 1.82) is 0 Å². The van der Waals surface area contributed by atoms with Gasteiger partial charge in [0.05, 0.1) is 12.0 Å². The number of hydrogen-bond acceptors (Lipinski definition) is 2. The van der Waals surface area contributed by atoms with Crippen LogP contribution in [0.25, 0.3) is 0 Å². The van der Waals surface area contributed by atoms with E-state index < -0.39 is 17.8 Å². The number of amides is 3. The van der Waals surface area contributed by atoms with Crippen LogP contribution in [0.3, 0.4) is 0 Å². The normalized spacial score (nSPS) is 13.2. The molecule has 2 aromatic rings. The molecule has 3 N–H and O–H groups in total. The predicted octanol–water partition coefficient (Wildman–Crippen LogP) is 3.52. The predicted molar refractivity (Wildman–Crippen MR) is 86.1 cm³/mol. The third kappa shape index (κ3) is 3.90. The van der Waals surface area contributed by atoms with Gasteiger partial charge in [-0.05, 0) is 29.8 Å². The van der Waals surface area contributed by atoms with Crippen molar-refractivity contribution in [2.45, 2.75) is 19.1 Å². The molecule has 5 nitrogen and oxygen atoms in total. The number of benzene rings is 2. The molecule has 0 fully saturated rings. The summed E-state index contributed by atoms with van der Waals surface area (Å²) in [6, 6.07) is 9.18. The number of nitrogens with one attached hydrogen (secondary N) is 3. The molecule has 3 rings (SSSR count). The van der Waals surface area contributed by atoms with Crippen LogP contribution in [0.1, 0.15) is 16.7 Å². The number of carbonyl (C=O) groups is 2. The van der Waals surface area contributed by atoms with Gasteiger partial charge < -0.3 is 16.0 Å². The van der Waals surface area contributed by atoms with E-state index in [1.54, 1.807) is 18.2 Å². The lowest BCUT2D eigenvalue weighted by Crippen LogP contribution is -2.28. The highest BCUT2D eigenvalue weighted by molar-refractivity contribution is 6.03. The molecule has 25 heavy (non-hydrogen) atoms. The topological polar surface area (TPSA) is 70.2 Å². The Labute approximate surface area is 141 Å². The van der Waals surface area contributed by atoms with E-state index in [4.69, 9.17) is 0 Å². The highest BCUT2D eigenvalue weighted by Crippen LogP contribution is 2.30. The number of halogens is 3. The van der Waals surface area contributed by atoms with Crippen LogP contribution in [0, 0.1) is 0 Å². The lowest BCUT2D eigenvalue weighted by Gasteiger charge is -2.11. The smallest absolute Gasteiger partial charge is 0.334 e. The van der Waals surface area contributed by atoms with Crippen molar-refractivity contribution in [3.63, 3.8) is 0 Å². The van der Waals surface area contributed by atoms with E-state index in [0.29, 0.717) is 22.5 Å². The Bertz CT molecular complexity index is 817. The molecule has 0 aromatic heterocycles. The van der Waals surface area contributed by atoms with Crippen LogP contribution in [0.15, 0.2) is 42.5 Å². The van der Waals surface area contributed by atoms with Gasteiger partial charge in [0, 0.05) is 23.5 Å². The van der Waals surface area contributed by atoms with Crippen LogP contribution in [-0.2, 0) is 23.9 Å². The van der Waals surface area contributed by atoms with Crippen LogP contribution >= 0.6 is 0 Å². The molecule has 3 amide bonds. The van der Waals surface area contributed by atoms with Crippen molar-refractivity contribution >= 4 is 23.3 Å². The average molecular weight is 349 g/mol. The van der Waals surface area contributed by atoms with Gasteiger partial charge in [0.25, 0.3) is 0 Å². The molecule has 8 heteroatoms. The molecule has 0 aliphatic carbocycles. The van der Waals surface area contributed by atoms with Gasteiger partial charge in [-0.1, -0.05) is 18.2 Å². The van der Waals surface area contributed by atoms with Crippen LogP contribution in [0.5, 0.6) is 0 Å². The lowest BCUT2D eigenvalue weighted by molar-refractivity contribution is -0.137.